The molecule has 0 radical (unpaired) electrons. The van der Waals surface area contributed by atoms with Crippen LogP contribution in [0.25, 0.3) is 5.76 Å². The molecule has 3 rings (SSSR count). The third-order valence-corrected chi connectivity index (χ3v) is 7.47. The summed E-state index contributed by atoms with van der Waals surface area (Å²) >= 11 is 0. The van der Waals surface area contributed by atoms with Crippen LogP contribution in [-0.4, -0.2) is 80.6 Å². The summed E-state index contributed by atoms with van der Waals surface area (Å²) < 4.78 is 39.3. The summed E-state index contributed by atoms with van der Waals surface area (Å²) in [6.45, 7) is 0.947. The standard InChI is InChI=1S/C24H28FN3O5S/c1-26(2)14-5-15-28-21(16-6-10-18(25)11-7-16)20(23(30)24(28)31)22(29)17-8-12-19(13-9-17)34(32,33)27(3)4/h6-13,21,29H,5,14-15H2,1-4H3/t21-/m1/s1. The average molecular weight is 490 g/mol. The van der Waals surface area contributed by atoms with Gasteiger partial charge in [0.05, 0.1) is 16.5 Å². The van der Waals surface area contributed by atoms with Gasteiger partial charge >= 0.3 is 0 Å². The Kier molecular flexibility index (Phi) is 7.54. The van der Waals surface area contributed by atoms with Gasteiger partial charge in [0.2, 0.25) is 10.0 Å². The molecule has 0 unspecified atom stereocenters. The smallest absolute Gasteiger partial charge is 0.295 e. The predicted octanol–water partition coefficient (Wildman–Crippen LogP) is 2.45. The third kappa shape index (κ3) is 5.03. The third-order valence-electron chi connectivity index (χ3n) is 5.64. The summed E-state index contributed by atoms with van der Waals surface area (Å²) in [4.78, 5) is 29.3. The van der Waals surface area contributed by atoms with E-state index in [1.54, 1.807) is 0 Å². The number of halogens is 1. The van der Waals surface area contributed by atoms with Crippen LogP contribution >= 0.6 is 0 Å². The Balaban J connectivity index is 2.08. The van der Waals surface area contributed by atoms with Crippen molar-refractivity contribution in [2.45, 2.75) is 17.4 Å². The van der Waals surface area contributed by atoms with Gasteiger partial charge < -0.3 is 14.9 Å². The van der Waals surface area contributed by atoms with E-state index in [0.29, 0.717) is 18.5 Å². The number of rotatable bonds is 8. The van der Waals surface area contributed by atoms with Crippen molar-refractivity contribution < 1.29 is 27.5 Å². The SMILES string of the molecule is CN(C)CCCN1C(=O)C(=O)C(=C(O)c2ccc(S(=O)(=O)N(C)C)cc2)[C@H]1c1ccc(F)cc1. The molecule has 0 aromatic heterocycles. The fourth-order valence-electron chi connectivity index (χ4n) is 3.81. The Morgan fingerprint density at radius 2 is 1.59 bits per heavy atom. The van der Waals surface area contributed by atoms with E-state index in [1.165, 1.54) is 67.5 Å². The number of sulfonamides is 1. The van der Waals surface area contributed by atoms with Gasteiger partial charge in [-0.15, -0.1) is 0 Å². The highest BCUT2D eigenvalue weighted by Gasteiger charge is 2.45. The second-order valence-electron chi connectivity index (χ2n) is 8.51. The molecule has 1 aliphatic heterocycles. The van der Waals surface area contributed by atoms with Gasteiger partial charge in [-0.2, -0.15) is 0 Å². The van der Waals surface area contributed by atoms with Crippen molar-refractivity contribution in [1.82, 2.24) is 14.1 Å². The zero-order chi connectivity index (χ0) is 25.2. The second-order valence-corrected chi connectivity index (χ2v) is 10.7. The molecule has 10 heteroatoms. The molecule has 8 nitrogen and oxygen atoms in total. The van der Waals surface area contributed by atoms with Crippen LogP contribution in [0.4, 0.5) is 4.39 Å². The largest absolute Gasteiger partial charge is 0.507 e. The molecule has 1 amide bonds. The number of carbonyl (C=O) groups is 2. The maximum absolute atomic E-state index is 13.6. The van der Waals surface area contributed by atoms with E-state index in [4.69, 9.17) is 0 Å². The van der Waals surface area contributed by atoms with Crippen molar-refractivity contribution in [1.29, 1.82) is 0 Å². The fourth-order valence-corrected chi connectivity index (χ4v) is 4.71. The summed E-state index contributed by atoms with van der Waals surface area (Å²) in [6, 6.07) is 9.93. The van der Waals surface area contributed by atoms with Crippen molar-refractivity contribution in [2.75, 3.05) is 41.3 Å². The number of aliphatic hydroxyl groups excluding tert-OH is 1. The Hall–Kier alpha value is -3.08. The van der Waals surface area contributed by atoms with E-state index < -0.39 is 39.3 Å². The molecular formula is C24H28FN3O5S. The molecule has 1 atom stereocenters. The van der Waals surface area contributed by atoms with Gasteiger partial charge in [0.1, 0.15) is 11.6 Å². The zero-order valence-corrected chi connectivity index (χ0v) is 20.3. The van der Waals surface area contributed by atoms with E-state index in [-0.39, 0.29) is 22.6 Å². The molecule has 1 saturated heterocycles. The second kappa shape index (κ2) is 10.0. The minimum atomic E-state index is -3.68. The van der Waals surface area contributed by atoms with Gasteiger partial charge in [-0.3, -0.25) is 9.59 Å². The van der Waals surface area contributed by atoms with Crippen LogP contribution in [0.5, 0.6) is 0 Å². The normalized spacial score (nSPS) is 18.3. The van der Waals surface area contributed by atoms with Crippen molar-refractivity contribution in [3.8, 4) is 0 Å². The number of hydrogen-bond donors (Lipinski definition) is 1. The lowest BCUT2D eigenvalue weighted by Crippen LogP contribution is -2.32. The van der Waals surface area contributed by atoms with E-state index in [1.807, 2.05) is 19.0 Å². The van der Waals surface area contributed by atoms with Gasteiger partial charge in [-0.05, 0) is 69.0 Å². The maximum Gasteiger partial charge on any atom is 0.295 e. The van der Waals surface area contributed by atoms with E-state index >= 15 is 0 Å². The molecule has 1 N–H and O–H groups in total. The molecule has 1 aliphatic rings. The first-order valence-electron chi connectivity index (χ1n) is 10.7. The summed E-state index contributed by atoms with van der Waals surface area (Å²) in [5.74, 6) is -2.48. The fraction of sp³-hybridized carbons (Fsp3) is 0.333. The number of aliphatic hydroxyl groups is 1. The van der Waals surface area contributed by atoms with E-state index in [0.717, 1.165) is 4.31 Å². The summed E-state index contributed by atoms with van der Waals surface area (Å²) in [6.07, 6.45) is 0.592. The van der Waals surface area contributed by atoms with Crippen LogP contribution in [0.2, 0.25) is 0 Å². The van der Waals surface area contributed by atoms with E-state index in [2.05, 4.69) is 0 Å². The molecule has 0 aliphatic carbocycles. The molecule has 182 valence electrons. The number of ketones is 1. The number of likely N-dealkylation sites (tertiary alicyclic amines) is 1. The Morgan fingerprint density at radius 3 is 2.12 bits per heavy atom. The van der Waals surface area contributed by atoms with Crippen molar-refractivity contribution in [3.63, 3.8) is 0 Å². The maximum atomic E-state index is 13.6. The van der Waals surface area contributed by atoms with Crippen LogP contribution in [0.1, 0.15) is 23.6 Å². The summed E-state index contributed by atoms with van der Waals surface area (Å²) in [5.41, 5.74) is 0.555. The number of hydrogen-bond acceptors (Lipinski definition) is 6. The van der Waals surface area contributed by atoms with Gasteiger partial charge in [0.15, 0.2) is 0 Å². The summed E-state index contributed by atoms with van der Waals surface area (Å²) in [7, 11) is 2.93. The first-order chi connectivity index (χ1) is 15.9. The van der Waals surface area contributed by atoms with Crippen molar-refractivity contribution in [3.05, 3.63) is 71.0 Å². The van der Waals surface area contributed by atoms with Crippen LogP contribution in [0, 0.1) is 5.82 Å². The molecule has 1 fully saturated rings. The van der Waals surface area contributed by atoms with Crippen LogP contribution < -0.4 is 0 Å². The first kappa shape index (κ1) is 25.5. The molecule has 0 bridgehead atoms. The van der Waals surface area contributed by atoms with Crippen LogP contribution in [0.3, 0.4) is 0 Å². The number of benzene rings is 2. The molecular weight excluding hydrogens is 461 g/mol. The minimum absolute atomic E-state index is 0.0215. The highest BCUT2D eigenvalue weighted by Crippen LogP contribution is 2.39. The lowest BCUT2D eigenvalue weighted by molar-refractivity contribution is -0.139. The van der Waals surface area contributed by atoms with Gasteiger partial charge in [0, 0.05) is 26.2 Å². The predicted molar refractivity (Wildman–Crippen MR) is 126 cm³/mol. The minimum Gasteiger partial charge on any atom is -0.507 e. The zero-order valence-electron chi connectivity index (χ0n) is 19.5. The number of amides is 1. The van der Waals surface area contributed by atoms with Gasteiger partial charge in [-0.25, -0.2) is 17.1 Å². The molecule has 0 spiro atoms. The summed E-state index contributed by atoms with van der Waals surface area (Å²) in [5, 5.41) is 11.1. The number of Topliss-reactive ketones (excluding diaryl/α,β-unsaturated/α-hetero) is 1. The Bertz CT molecular complexity index is 1210. The molecule has 2 aromatic rings. The molecule has 34 heavy (non-hydrogen) atoms. The average Bonchev–Trinajstić information content (AvgIpc) is 3.04. The van der Waals surface area contributed by atoms with Crippen LogP contribution in [0.15, 0.2) is 59.0 Å². The van der Waals surface area contributed by atoms with Gasteiger partial charge in [-0.1, -0.05) is 12.1 Å². The number of nitrogens with zero attached hydrogens (tertiary/aromatic N) is 3. The topological polar surface area (TPSA) is 98.2 Å². The lowest BCUT2D eigenvalue weighted by atomic mass is 9.95. The molecule has 0 saturated carbocycles. The monoisotopic (exact) mass is 489 g/mol. The molecule has 2 aromatic carbocycles. The molecule has 1 heterocycles. The van der Waals surface area contributed by atoms with Crippen molar-refractivity contribution in [2.24, 2.45) is 0 Å². The van der Waals surface area contributed by atoms with E-state index in [9.17, 15) is 27.5 Å². The van der Waals surface area contributed by atoms with Gasteiger partial charge in [0.25, 0.3) is 11.7 Å². The highest BCUT2D eigenvalue weighted by molar-refractivity contribution is 7.89. The first-order valence-corrected chi connectivity index (χ1v) is 12.1. The van der Waals surface area contributed by atoms with Crippen LogP contribution in [-0.2, 0) is 19.6 Å². The Morgan fingerprint density at radius 1 is 1.00 bits per heavy atom. The highest BCUT2D eigenvalue weighted by atomic mass is 32.2. The van der Waals surface area contributed by atoms with Crippen molar-refractivity contribution >= 4 is 27.5 Å². The quantitative estimate of drug-likeness (QED) is 0.348. The lowest BCUT2D eigenvalue weighted by Gasteiger charge is -2.26. The number of carbonyl (C=O) groups excluding carboxylic acids is 2. The Labute approximate surface area is 198 Å².